The summed E-state index contributed by atoms with van der Waals surface area (Å²) in [5.41, 5.74) is 0. The van der Waals surface area contributed by atoms with E-state index in [1.807, 2.05) is 6.20 Å². The molecule has 2 heterocycles. The van der Waals surface area contributed by atoms with Crippen LogP contribution in [0, 0.1) is 11.8 Å². The minimum absolute atomic E-state index is 0.533. The van der Waals surface area contributed by atoms with E-state index in [4.69, 9.17) is 0 Å². The van der Waals surface area contributed by atoms with E-state index in [1.54, 1.807) is 11.3 Å². The zero-order valence-electron chi connectivity index (χ0n) is 11.1. The molecular weight excluding hydrogens is 242 g/mol. The van der Waals surface area contributed by atoms with E-state index in [0.29, 0.717) is 12.0 Å². The van der Waals surface area contributed by atoms with E-state index >= 15 is 0 Å². The van der Waals surface area contributed by atoms with Gasteiger partial charge in [0.2, 0.25) is 0 Å². The molecule has 1 aliphatic heterocycles. The minimum Gasteiger partial charge on any atom is -0.314 e. The summed E-state index contributed by atoms with van der Waals surface area (Å²) < 4.78 is 0. The van der Waals surface area contributed by atoms with Gasteiger partial charge in [-0.05, 0) is 31.2 Å². The van der Waals surface area contributed by atoms with E-state index in [1.165, 1.54) is 30.8 Å². The lowest BCUT2D eigenvalue weighted by Gasteiger charge is -2.19. The van der Waals surface area contributed by atoms with Gasteiger partial charge in [-0.2, -0.15) is 0 Å². The van der Waals surface area contributed by atoms with Crippen molar-refractivity contribution < 1.29 is 0 Å². The Morgan fingerprint density at radius 1 is 1.56 bits per heavy atom. The van der Waals surface area contributed by atoms with Gasteiger partial charge in [-0.3, -0.25) is 0 Å². The second-order valence-electron chi connectivity index (χ2n) is 5.80. The van der Waals surface area contributed by atoms with Crippen molar-refractivity contribution in [1.82, 2.24) is 15.6 Å². The van der Waals surface area contributed by atoms with Crippen LogP contribution in [0.15, 0.2) is 11.6 Å². The lowest BCUT2D eigenvalue weighted by molar-refractivity contribution is 0.391. The van der Waals surface area contributed by atoms with E-state index in [0.717, 1.165) is 24.9 Å². The Morgan fingerprint density at radius 2 is 2.50 bits per heavy atom. The zero-order valence-corrected chi connectivity index (χ0v) is 11.9. The summed E-state index contributed by atoms with van der Waals surface area (Å²) in [7, 11) is 0. The molecular formula is C14H23N3S. The molecule has 2 fully saturated rings. The van der Waals surface area contributed by atoms with E-state index < -0.39 is 0 Å². The fourth-order valence-corrected chi connectivity index (χ4v) is 4.25. The number of rotatable bonds is 5. The number of aromatic nitrogens is 1. The van der Waals surface area contributed by atoms with Gasteiger partial charge in [0, 0.05) is 36.6 Å². The third kappa shape index (κ3) is 2.60. The molecule has 100 valence electrons. The van der Waals surface area contributed by atoms with Gasteiger partial charge in [0.1, 0.15) is 0 Å². The molecule has 0 bridgehead atoms. The number of nitrogens with one attached hydrogen (secondary N) is 2. The molecule has 4 heteroatoms. The molecule has 2 N–H and O–H groups in total. The summed E-state index contributed by atoms with van der Waals surface area (Å²) in [5, 5.41) is 10.6. The molecule has 0 aromatic carbocycles. The highest BCUT2D eigenvalue weighted by Gasteiger charge is 2.38. The lowest BCUT2D eigenvalue weighted by atomic mass is 9.94. The second kappa shape index (κ2) is 5.68. The summed E-state index contributed by atoms with van der Waals surface area (Å²) in [6.45, 7) is 5.67. The molecule has 1 saturated carbocycles. The second-order valence-corrected chi connectivity index (χ2v) is 6.73. The fraction of sp³-hybridized carbons (Fsp3) is 0.786. The number of hydrogen-bond acceptors (Lipinski definition) is 4. The van der Waals surface area contributed by atoms with Gasteiger partial charge in [-0.25, -0.2) is 4.98 Å². The first-order chi connectivity index (χ1) is 8.84. The predicted octanol–water partition coefficient (Wildman–Crippen LogP) is 2.22. The highest BCUT2D eigenvalue weighted by atomic mass is 32.1. The van der Waals surface area contributed by atoms with Crippen LogP contribution < -0.4 is 10.6 Å². The molecule has 1 aromatic rings. The van der Waals surface area contributed by atoms with E-state index in [2.05, 4.69) is 27.9 Å². The van der Waals surface area contributed by atoms with Crippen molar-refractivity contribution in [2.75, 3.05) is 19.6 Å². The first kappa shape index (κ1) is 12.6. The van der Waals surface area contributed by atoms with Crippen molar-refractivity contribution in [3.05, 3.63) is 16.6 Å². The number of nitrogens with zero attached hydrogens (tertiary/aromatic N) is 1. The van der Waals surface area contributed by atoms with Gasteiger partial charge in [-0.1, -0.05) is 13.3 Å². The van der Waals surface area contributed by atoms with Crippen LogP contribution in [-0.2, 0) is 0 Å². The van der Waals surface area contributed by atoms with Crippen LogP contribution in [0.25, 0.3) is 0 Å². The minimum atomic E-state index is 0.533. The van der Waals surface area contributed by atoms with Crippen LogP contribution in [0.2, 0.25) is 0 Å². The molecule has 2 aliphatic rings. The molecule has 3 nitrogen and oxygen atoms in total. The maximum atomic E-state index is 4.38. The molecule has 4 atom stereocenters. The van der Waals surface area contributed by atoms with Crippen molar-refractivity contribution >= 4 is 11.3 Å². The van der Waals surface area contributed by atoms with Crippen LogP contribution in [0.1, 0.15) is 37.1 Å². The number of hydrogen-bond donors (Lipinski definition) is 2. The Bertz CT molecular complexity index is 365. The Hall–Kier alpha value is -0.450. The normalized spacial score (nSPS) is 32.6. The van der Waals surface area contributed by atoms with Gasteiger partial charge in [0.15, 0.2) is 0 Å². The number of thiazole rings is 1. The summed E-state index contributed by atoms with van der Waals surface area (Å²) in [6.07, 6.45) is 6.23. The van der Waals surface area contributed by atoms with Crippen molar-refractivity contribution in [3.8, 4) is 0 Å². The van der Waals surface area contributed by atoms with Gasteiger partial charge in [0.25, 0.3) is 0 Å². The molecule has 0 amide bonds. The Balaban J connectivity index is 1.42. The SMILES string of the molecule is CC(CNCC1NCC2CCCC21)c1nccs1. The van der Waals surface area contributed by atoms with Gasteiger partial charge >= 0.3 is 0 Å². The highest BCUT2D eigenvalue weighted by molar-refractivity contribution is 7.09. The Morgan fingerprint density at radius 3 is 3.33 bits per heavy atom. The molecule has 18 heavy (non-hydrogen) atoms. The summed E-state index contributed by atoms with van der Waals surface area (Å²) >= 11 is 1.76. The Labute approximate surface area is 113 Å². The van der Waals surface area contributed by atoms with Gasteiger partial charge < -0.3 is 10.6 Å². The lowest BCUT2D eigenvalue weighted by Crippen LogP contribution is -2.39. The monoisotopic (exact) mass is 265 g/mol. The van der Waals surface area contributed by atoms with Crippen molar-refractivity contribution in [2.24, 2.45) is 11.8 Å². The molecule has 0 radical (unpaired) electrons. The van der Waals surface area contributed by atoms with Crippen molar-refractivity contribution in [2.45, 2.75) is 38.1 Å². The van der Waals surface area contributed by atoms with Crippen LogP contribution in [0.4, 0.5) is 0 Å². The predicted molar refractivity (Wildman–Crippen MR) is 76.0 cm³/mol. The maximum absolute atomic E-state index is 4.38. The largest absolute Gasteiger partial charge is 0.314 e. The van der Waals surface area contributed by atoms with E-state index in [-0.39, 0.29) is 0 Å². The smallest absolute Gasteiger partial charge is 0.0965 e. The topological polar surface area (TPSA) is 37.0 Å². The molecule has 0 spiro atoms. The van der Waals surface area contributed by atoms with Crippen LogP contribution in [0.3, 0.4) is 0 Å². The molecule has 1 aliphatic carbocycles. The van der Waals surface area contributed by atoms with E-state index in [9.17, 15) is 0 Å². The summed E-state index contributed by atoms with van der Waals surface area (Å²) in [4.78, 5) is 4.38. The van der Waals surface area contributed by atoms with Crippen LogP contribution in [0.5, 0.6) is 0 Å². The summed E-state index contributed by atoms with van der Waals surface area (Å²) in [6, 6.07) is 0.709. The van der Waals surface area contributed by atoms with Crippen molar-refractivity contribution in [1.29, 1.82) is 0 Å². The van der Waals surface area contributed by atoms with Crippen molar-refractivity contribution in [3.63, 3.8) is 0 Å². The third-order valence-corrected chi connectivity index (χ3v) is 5.57. The van der Waals surface area contributed by atoms with Gasteiger partial charge in [0.05, 0.1) is 5.01 Å². The molecule has 1 aromatic heterocycles. The fourth-order valence-electron chi connectivity index (χ4n) is 3.55. The molecule has 4 unspecified atom stereocenters. The average Bonchev–Trinajstić information content (AvgIpc) is 3.07. The standard InChI is InChI=1S/C14H23N3S/c1-10(14-16-5-6-18-14)7-15-9-13-12-4-2-3-11(12)8-17-13/h5-6,10-13,15,17H,2-4,7-9H2,1H3. The highest BCUT2D eigenvalue weighted by Crippen LogP contribution is 2.37. The average molecular weight is 265 g/mol. The Kier molecular flexibility index (Phi) is 3.97. The van der Waals surface area contributed by atoms with Crippen LogP contribution in [-0.4, -0.2) is 30.7 Å². The zero-order chi connectivity index (χ0) is 12.4. The first-order valence-electron chi connectivity index (χ1n) is 7.18. The van der Waals surface area contributed by atoms with Gasteiger partial charge in [-0.15, -0.1) is 11.3 Å². The third-order valence-electron chi connectivity index (χ3n) is 4.56. The van der Waals surface area contributed by atoms with Crippen LogP contribution >= 0.6 is 11.3 Å². The number of fused-ring (bicyclic) bond motifs is 1. The molecule has 1 saturated heterocycles. The maximum Gasteiger partial charge on any atom is 0.0965 e. The quantitative estimate of drug-likeness (QED) is 0.857. The summed E-state index contributed by atoms with van der Waals surface area (Å²) in [5.74, 6) is 2.44. The molecule has 3 rings (SSSR count). The first-order valence-corrected chi connectivity index (χ1v) is 8.06.